The second-order valence-electron chi connectivity index (χ2n) is 12.0. The molecule has 2 fully saturated rings. The van der Waals surface area contributed by atoms with Crippen molar-refractivity contribution in [3.8, 4) is 0 Å². The van der Waals surface area contributed by atoms with Crippen molar-refractivity contribution >= 4 is 29.3 Å². The molecule has 9 nitrogen and oxygen atoms in total. The molecule has 0 aliphatic carbocycles. The number of nitrogens with one attached hydrogen (secondary N) is 2. The number of carbonyl (C=O) groups excluding carboxylic acids is 4. The molecular formula is C31H40FN5O4. The number of benzene rings is 2. The van der Waals surface area contributed by atoms with E-state index in [0.29, 0.717) is 58.7 Å². The Morgan fingerprint density at radius 1 is 0.951 bits per heavy atom. The zero-order valence-corrected chi connectivity index (χ0v) is 24.2. The van der Waals surface area contributed by atoms with Crippen molar-refractivity contribution < 1.29 is 23.6 Å². The van der Waals surface area contributed by atoms with E-state index >= 15 is 0 Å². The van der Waals surface area contributed by atoms with Gasteiger partial charge < -0.3 is 20.4 Å². The van der Waals surface area contributed by atoms with Gasteiger partial charge in [-0.3, -0.25) is 19.3 Å². The molecule has 2 aliphatic heterocycles. The second-order valence-corrected chi connectivity index (χ2v) is 12.0. The minimum absolute atomic E-state index is 0.0238. The quantitative estimate of drug-likeness (QED) is 0.445. The second kappa shape index (κ2) is 13.2. The zero-order chi connectivity index (χ0) is 29.6. The number of rotatable bonds is 9. The number of hydrogen-bond donors (Lipinski definition) is 2. The highest BCUT2D eigenvalue weighted by atomic mass is 19.1. The predicted octanol–water partition coefficient (Wildman–Crippen LogP) is 4.15. The highest BCUT2D eigenvalue weighted by Crippen LogP contribution is 2.23. The number of hydrogen-bond acceptors (Lipinski definition) is 5. The summed E-state index contributed by atoms with van der Waals surface area (Å²) in [5.41, 5.74) is 1.91. The molecule has 2 aliphatic rings. The van der Waals surface area contributed by atoms with Crippen LogP contribution < -0.4 is 10.6 Å². The first-order chi connectivity index (χ1) is 19.5. The van der Waals surface area contributed by atoms with E-state index in [-0.39, 0.29) is 40.8 Å². The molecule has 4 amide bonds. The van der Waals surface area contributed by atoms with Crippen molar-refractivity contribution in [2.75, 3.05) is 51.1 Å². The maximum Gasteiger partial charge on any atom is 0.319 e. The molecule has 0 bridgehead atoms. The average molecular weight is 566 g/mol. The van der Waals surface area contributed by atoms with Crippen LogP contribution in [0.4, 0.5) is 14.9 Å². The van der Waals surface area contributed by atoms with Gasteiger partial charge in [-0.05, 0) is 41.7 Å². The van der Waals surface area contributed by atoms with Crippen LogP contribution in [0.5, 0.6) is 0 Å². The van der Waals surface area contributed by atoms with Crippen LogP contribution in [0.25, 0.3) is 0 Å². The molecule has 0 spiro atoms. The Hall–Kier alpha value is -3.79. The molecule has 2 saturated heterocycles. The number of anilines is 1. The highest BCUT2D eigenvalue weighted by Gasteiger charge is 2.24. The van der Waals surface area contributed by atoms with E-state index in [1.165, 1.54) is 12.1 Å². The van der Waals surface area contributed by atoms with Crippen molar-refractivity contribution in [2.24, 2.45) is 5.41 Å². The van der Waals surface area contributed by atoms with Crippen molar-refractivity contribution in [1.82, 2.24) is 20.0 Å². The van der Waals surface area contributed by atoms with Crippen LogP contribution in [0.2, 0.25) is 0 Å². The lowest BCUT2D eigenvalue weighted by Gasteiger charge is -2.35. The van der Waals surface area contributed by atoms with E-state index in [1.807, 2.05) is 24.3 Å². The number of urea groups is 1. The van der Waals surface area contributed by atoms with E-state index in [4.69, 9.17) is 0 Å². The Morgan fingerprint density at radius 3 is 2.37 bits per heavy atom. The van der Waals surface area contributed by atoms with Gasteiger partial charge in [0.25, 0.3) is 5.91 Å². The van der Waals surface area contributed by atoms with E-state index in [2.05, 4.69) is 36.3 Å². The lowest BCUT2D eigenvalue weighted by Crippen LogP contribution is -2.48. The molecule has 10 heteroatoms. The van der Waals surface area contributed by atoms with E-state index in [9.17, 15) is 23.6 Å². The number of nitrogens with zero attached hydrogens (tertiary/aromatic N) is 3. The fraction of sp³-hybridized carbons (Fsp3) is 0.484. The van der Waals surface area contributed by atoms with Gasteiger partial charge in [-0.15, -0.1) is 0 Å². The first-order valence-corrected chi connectivity index (χ1v) is 14.2. The molecule has 0 unspecified atom stereocenters. The van der Waals surface area contributed by atoms with Crippen molar-refractivity contribution in [1.29, 1.82) is 0 Å². The third-order valence-corrected chi connectivity index (χ3v) is 7.31. The van der Waals surface area contributed by atoms with Gasteiger partial charge in [-0.1, -0.05) is 39.0 Å². The van der Waals surface area contributed by atoms with Crippen LogP contribution in [0.3, 0.4) is 0 Å². The number of carbonyl (C=O) groups is 4. The summed E-state index contributed by atoms with van der Waals surface area (Å²) in [5, 5.41) is 5.09. The van der Waals surface area contributed by atoms with Crippen molar-refractivity contribution in [2.45, 2.75) is 46.6 Å². The average Bonchev–Trinajstić information content (AvgIpc) is 3.33. The van der Waals surface area contributed by atoms with Gasteiger partial charge in [0.1, 0.15) is 5.82 Å². The Kier molecular flexibility index (Phi) is 9.75. The molecule has 4 rings (SSSR count). The van der Waals surface area contributed by atoms with Crippen LogP contribution >= 0.6 is 0 Å². The van der Waals surface area contributed by atoms with Crippen molar-refractivity contribution in [3.63, 3.8) is 0 Å². The molecule has 0 saturated carbocycles. The summed E-state index contributed by atoms with van der Waals surface area (Å²) in [5.74, 6) is -0.738. The topological polar surface area (TPSA) is 102 Å². The minimum Gasteiger partial charge on any atom is -0.341 e. The Morgan fingerprint density at radius 2 is 1.71 bits per heavy atom. The molecule has 41 heavy (non-hydrogen) atoms. The maximum absolute atomic E-state index is 14.7. The van der Waals surface area contributed by atoms with Gasteiger partial charge in [0.05, 0.1) is 5.69 Å². The predicted molar refractivity (Wildman–Crippen MR) is 155 cm³/mol. The van der Waals surface area contributed by atoms with Crippen LogP contribution in [0.15, 0.2) is 42.5 Å². The summed E-state index contributed by atoms with van der Waals surface area (Å²) in [7, 11) is 0. The standard InChI is InChI=1S/C31H40FN5O4/c1-31(2,3)20-27(38)23-7-4-6-22(18-23)21-35-14-16-37(17-15-35)29(40)24-9-10-26(25(32)19-24)34-30(41)33-11-13-36-12-5-8-28(36)39/h4,6-7,9-10,18-19H,5,8,11-17,20-21H2,1-3H3,(H2,33,34,41). The van der Waals surface area contributed by atoms with Gasteiger partial charge in [0.15, 0.2) is 5.78 Å². The number of Topliss-reactive ketones (excluding diaryl/α,β-unsaturated/α-hetero) is 1. The lowest BCUT2D eigenvalue weighted by molar-refractivity contribution is -0.127. The normalized spacial score (nSPS) is 16.1. The summed E-state index contributed by atoms with van der Waals surface area (Å²) >= 11 is 0. The third kappa shape index (κ3) is 8.60. The fourth-order valence-corrected chi connectivity index (χ4v) is 5.14. The summed E-state index contributed by atoms with van der Waals surface area (Å²) in [4.78, 5) is 55.1. The monoisotopic (exact) mass is 565 g/mol. The van der Waals surface area contributed by atoms with Gasteiger partial charge in [-0.2, -0.15) is 0 Å². The molecule has 2 N–H and O–H groups in total. The first kappa shape index (κ1) is 30.2. The summed E-state index contributed by atoms with van der Waals surface area (Å²) in [6.07, 6.45) is 1.85. The van der Waals surface area contributed by atoms with E-state index in [0.717, 1.165) is 23.6 Å². The fourth-order valence-electron chi connectivity index (χ4n) is 5.14. The summed E-state index contributed by atoms with van der Waals surface area (Å²) < 4.78 is 14.7. The highest BCUT2D eigenvalue weighted by molar-refractivity contribution is 5.97. The minimum atomic E-state index is -0.694. The van der Waals surface area contributed by atoms with Crippen LogP contribution in [0.1, 0.15) is 66.3 Å². The molecule has 2 aromatic rings. The zero-order valence-electron chi connectivity index (χ0n) is 24.2. The third-order valence-electron chi connectivity index (χ3n) is 7.31. The molecule has 0 atom stereocenters. The van der Waals surface area contributed by atoms with Crippen LogP contribution in [-0.2, 0) is 11.3 Å². The molecule has 2 heterocycles. The van der Waals surface area contributed by atoms with Gasteiger partial charge in [0, 0.05) is 76.3 Å². The molecule has 220 valence electrons. The largest absolute Gasteiger partial charge is 0.341 e. The Balaban J connectivity index is 1.24. The van der Waals surface area contributed by atoms with Crippen LogP contribution in [-0.4, -0.2) is 84.1 Å². The van der Waals surface area contributed by atoms with Gasteiger partial charge in [-0.25, -0.2) is 9.18 Å². The Bertz CT molecular complexity index is 1280. The number of ketones is 1. The number of halogens is 1. The molecule has 0 radical (unpaired) electrons. The van der Waals surface area contributed by atoms with Gasteiger partial charge >= 0.3 is 6.03 Å². The SMILES string of the molecule is CC(C)(C)CC(=O)c1cccc(CN2CCN(C(=O)c3ccc(NC(=O)NCCN4CCCC4=O)c(F)c3)CC2)c1. The number of amides is 4. The van der Waals surface area contributed by atoms with Crippen molar-refractivity contribution in [3.05, 3.63) is 65.0 Å². The maximum atomic E-state index is 14.7. The summed E-state index contributed by atoms with van der Waals surface area (Å²) in [6.45, 7) is 10.6. The smallest absolute Gasteiger partial charge is 0.319 e. The number of likely N-dealkylation sites (tertiary alicyclic amines) is 1. The van der Waals surface area contributed by atoms with E-state index in [1.54, 1.807) is 9.80 Å². The Labute approximate surface area is 241 Å². The van der Waals surface area contributed by atoms with Crippen LogP contribution in [0, 0.1) is 11.2 Å². The van der Waals surface area contributed by atoms with E-state index < -0.39 is 11.8 Å². The molecule has 0 aromatic heterocycles. The van der Waals surface area contributed by atoms with Gasteiger partial charge in [0.2, 0.25) is 5.91 Å². The number of piperazine rings is 1. The molecule has 2 aromatic carbocycles. The lowest BCUT2D eigenvalue weighted by atomic mass is 9.87. The summed E-state index contributed by atoms with van der Waals surface area (Å²) in [6, 6.07) is 11.2. The first-order valence-electron chi connectivity index (χ1n) is 14.2. The molecular weight excluding hydrogens is 525 g/mol.